The van der Waals surface area contributed by atoms with Gasteiger partial charge in [0.25, 0.3) is 0 Å². The average Bonchev–Trinajstić information content (AvgIpc) is 2.84. The van der Waals surface area contributed by atoms with Gasteiger partial charge in [-0.1, -0.05) is 18.2 Å². The summed E-state index contributed by atoms with van der Waals surface area (Å²) in [6.07, 6.45) is 4.07. The van der Waals surface area contributed by atoms with E-state index in [-0.39, 0.29) is 27.8 Å². The topological polar surface area (TPSA) is 72.8 Å². The Morgan fingerprint density at radius 2 is 2.18 bits per heavy atom. The highest BCUT2D eigenvalue weighted by molar-refractivity contribution is 5.61. The number of likely N-dealkylation sites (N-methyl/N-ethyl adjacent to an activating group) is 1. The van der Waals surface area contributed by atoms with Crippen LogP contribution < -0.4 is 4.74 Å². The van der Waals surface area contributed by atoms with E-state index in [0.29, 0.717) is 25.1 Å². The van der Waals surface area contributed by atoms with Crippen LogP contribution >= 0.6 is 0 Å². The van der Waals surface area contributed by atoms with Gasteiger partial charge in [-0.2, -0.15) is 0 Å². The number of benzene rings is 1. The number of aliphatic hydroxyl groups is 1. The van der Waals surface area contributed by atoms with Gasteiger partial charge in [-0.15, -0.1) is 0 Å². The molecule has 1 spiro atoms. The third-order valence-corrected chi connectivity index (χ3v) is 6.38. The van der Waals surface area contributed by atoms with Crippen LogP contribution in [0.3, 0.4) is 0 Å². The normalized spacial score (nSPS) is 47.0. The molecule has 2 bridgehead atoms. The van der Waals surface area contributed by atoms with Crippen molar-refractivity contribution in [3.63, 3.8) is 0 Å². The van der Waals surface area contributed by atoms with Crippen LogP contribution in [0.5, 0.6) is 11.5 Å². The first-order chi connectivity index (χ1) is 10.4. The number of hydrogen-bond donors (Lipinski definition) is 2. The molecule has 5 nitrogen and oxygen atoms in total. The molecular formula is C17H19NO4. The van der Waals surface area contributed by atoms with Gasteiger partial charge in [0, 0.05) is 24.3 Å². The monoisotopic (exact) mass is 301 g/mol. The zero-order chi connectivity index (χ0) is 15.3. The molecule has 0 amide bonds. The van der Waals surface area contributed by atoms with Crippen molar-refractivity contribution in [3.05, 3.63) is 40.6 Å². The van der Waals surface area contributed by atoms with Crippen LogP contribution in [0.25, 0.3) is 0 Å². The van der Waals surface area contributed by atoms with Crippen molar-refractivity contribution >= 4 is 0 Å². The van der Waals surface area contributed by atoms with Crippen molar-refractivity contribution in [3.8, 4) is 11.5 Å². The van der Waals surface area contributed by atoms with Crippen LogP contribution in [0.2, 0.25) is 0 Å². The van der Waals surface area contributed by atoms with E-state index in [4.69, 9.17) is 4.74 Å². The predicted octanol–water partition coefficient (Wildman–Crippen LogP) is 1.21. The van der Waals surface area contributed by atoms with Gasteiger partial charge >= 0.3 is 0 Å². The van der Waals surface area contributed by atoms with Gasteiger partial charge in [0.05, 0.1) is 25.0 Å². The SMILES string of the molecule is C[N+]1([O-])CC[C@]23c4c5ccc(O)c4OC2C(O)C=C[C@H]3[C@H]1C5. The van der Waals surface area contributed by atoms with E-state index in [2.05, 4.69) is 0 Å². The molecule has 1 fully saturated rings. The van der Waals surface area contributed by atoms with E-state index >= 15 is 0 Å². The fraction of sp³-hybridized carbons (Fsp3) is 0.529. The smallest absolute Gasteiger partial charge is 0.165 e. The maximum Gasteiger partial charge on any atom is 0.165 e. The summed E-state index contributed by atoms with van der Waals surface area (Å²) in [6.45, 7) is 0.524. The zero-order valence-electron chi connectivity index (χ0n) is 12.4. The lowest BCUT2D eigenvalue weighted by Gasteiger charge is -2.61. The highest BCUT2D eigenvalue weighted by Gasteiger charge is 2.66. The van der Waals surface area contributed by atoms with Crippen LogP contribution in [0.1, 0.15) is 17.5 Å². The van der Waals surface area contributed by atoms with Crippen molar-refractivity contribution in [2.75, 3.05) is 13.6 Å². The van der Waals surface area contributed by atoms with E-state index in [1.165, 1.54) is 0 Å². The number of nitrogens with zero attached hydrogens (tertiary/aromatic N) is 1. The summed E-state index contributed by atoms with van der Waals surface area (Å²) in [6, 6.07) is 3.51. The molecule has 3 unspecified atom stereocenters. The van der Waals surface area contributed by atoms with Crippen LogP contribution in [-0.4, -0.2) is 46.7 Å². The quantitative estimate of drug-likeness (QED) is 0.429. The Morgan fingerprint density at radius 3 is 3.00 bits per heavy atom. The average molecular weight is 301 g/mol. The van der Waals surface area contributed by atoms with E-state index in [0.717, 1.165) is 11.1 Å². The summed E-state index contributed by atoms with van der Waals surface area (Å²) in [7, 11) is 1.76. The summed E-state index contributed by atoms with van der Waals surface area (Å²) >= 11 is 0. The highest BCUT2D eigenvalue weighted by Crippen LogP contribution is 2.63. The first kappa shape index (κ1) is 12.9. The Kier molecular flexibility index (Phi) is 2.16. The van der Waals surface area contributed by atoms with Gasteiger partial charge in [-0.05, 0) is 11.6 Å². The molecule has 5 rings (SSSR count). The van der Waals surface area contributed by atoms with E-state index in [1.807, 2.05) is 12.1 Å². The number of quaternary nitrogens is 1. The second-order valence-electron chi connectivity index (χ2n) is 7.35. The Morgan fingerprint density at radius 1 is 1.36 bits per heavy atom. The molecule has 0 aromatic heterocycles. The van der Waals surface area contributed by atoms with Crippen molar-refractivity contribution in [1.82, 2.24) is 0 Å². The number of hydrogen-bond acceptors (Lipinski definition) is 4. The fourth-order valence-corrected chi connectivity index (χ4v) is 5.39. The molecule has 0 saturated carbocycles. The summed E-state index contributed by atoms with van der Waals surface area (Å²) in [5.74, 6) is 0.722. The molecule has 2 aliphatic heterocycles. The van der Waals surface area contributed by atoms with Crippen molar-refractivity contribution < 1.29 is 19.6 Å². The summed E-state index contributed by atoms with van der Waals surface area (Å²) < 4.78 is 5.79. The minimum Gasteiger partial charge on any atom is -0.633 e. The Hall–Kier alpha value is -1.56. The van der Waals surface area contributed by atoms with Crippen LogP contribution in [0.4, 0.5) is 0 Å². The zero-order valence-corrected chi connectivity index (χ0v) is 12.4. The van der Waals surface area contributed by atoms with Crippen LogP contribution in [0, 0.1) is 11.1 Å². The van der Waals surface area contributed by atoms with Gasteiger partial charge in [0.15, 0.2) is 11.5 Å². The Labute approximate surface area is 128 Å². The summed E-state index contributed by atoms with van der Waals surface area (Å²) in [4.78, 5) is 0. The van der Waals surface area contributed by atoms with Crippen LogP contribution in [0.15, 0.2) is 24.3 Å². The number of phenolic OH excluding ortho intramolecular Hbond substituents is 1. The maximum absolute atomic E-state index is 12.9. The highest BCUT2D eigenvalue weighted by atomic mass is 16.5. The largest absolute Gasteiger partial charge is 0.633 e. The van der Waals surface area contributed by atoms with Crippen LogP contribution in [-0.2, 0) is 11.8 Å². The lowest BCUT2D eigenvalue weighted by molar-refractivity contribution is -0.898. The molecule has 2 N–H and O–H groups in total. The molecular weight excluding hydrogens is 282 g/mol. The molecule has 22 heavy (non-hydrogen) atoms. The van der Waals surface area contributed by atoms with E-state index < -0.39 is 12.2 Å². The number of phenols is 1. The van der Waals surface area contributed by atoms with Crippen molar-refractivity contribution in [2.45, 2.75) is 36.5 Å². The minimum atomic E-state index is -0.696. The molecule has 4 aliphatic rings. The Balaban J connectivity index is 1.84. The minimum absolute atomic E-state index is 0.0495. The summed E-state index contributed by atoms with van der Waals surface area (Å²) in [5.41, 5.74) is 1.78. The van der Waals surface area contributed by atoms with Crippen molar-refractivity contribution in [1.29, 1.82) is 0 Å². The molecule has 2 heterocycles. The van der Waals surface area contributed by atoms with Gasteiger partial charge in [0.2, 0.25) is 0 Å². The molecule has 2 aliphatic carbocycles. The number of aromatic hydroxyl groups is 1. The standard InChI is InChI=1S/C17H19NO4/c1-18(21)7-6-17-10-3-5-13(20)16(17)22-15-12(19)4-2-9(14(15)17)8-11(10)18/h2-5,10-11,13,16,19-20H,6-8H2,1H3/t10-,11+,13?,16?,17-,18?/m0/s1. The summed E-state index contributed by atoms with van der Waals surface area (Å²) in [5, 5.41) is 33.6. The molecule has 1 aromatic rings. The molecule has 1 saturated heterocycles. The second-order valence-corrected chi connectivity index (χ2v) is 7.35. The molecule has 0 radical (unpaired) electrons. The molecule has 116 valence electrons. The fourth-order valence-electron chi connectivity index (χ4n) is 5.39. The number of aliphatic hydroxyl groups excluding tert-OH is 1. The number of piperidine rings is 1. The third-order valence-electron chi connectivity index (χ3n) is 6.38. The first-order valence-electron chi connectivity index (χ1n) is 7.90. The second kappa shape index (κ2) is 3.67. The van der Waals surface area contributed by atoms with Gasteiger partial charge in [-0.3, -0.25) is 0 Å². The number of ether oxygens (including phenoxy) is 1. The number of hydroxylamine groups is 3. The van der Waals surface area contributed by atoms with Gasteiger partial charge in [0.1, 0.15) is 12.2 Å². The maximum atomic E-state index is 12.9. The van der Waals surface area contributed by atoms with E-state index in [1.54, 1.807) is 19.2 Å². The lowest BCUT2D eigenvalue weighted by atomic mass is 9.53. The van der Waals surface area contributed by atoms with E-state index in [9.17, 15) is 15.4 Å². The third kappa shape index (κ3) is 1.23. The molecule has 1 aromatic carbocycles. The van der Waals surface area contributed by atoms with Gasteiger partial charge < -0.3 is 24.8 Å². The number of likely N-dealkylation sites (tertiary alicyclic amines) is 1. The number of rotatable bonds is 0. The Bertz CT molecular complexity index is 713. The predicted molar refractivity (Wildman–Crippen MR) is 79.4 cm³/mol. The molecule has 5 heteroatoms. The van der Waals surface area contributed by atoms with Gasteiger partial charge in [-0.25, -0.2) is 0 Å². The first-order valence-corrected chi connectivity index (χ1v) is 7.90. The van der Waals surface area contributed by atoms with Crippen molar-refractivity contribution in [2.24, 2.45) is 5.92 Å². The molecule has 6 atom stereocenters. The lowest BCUT2D eigenvalue weighted by Crippen LogP contribution is -2.69.